The second-order valence-corrected chi connectivity index (χ2v) is 4.70. The van der Waals surface area contributed by atoms with E-state index in [2.05, 4.69) is 31.2 Å². The maximum atomic E-state index is 11.9. The van der Waals surface area contributed by atoms with Gasteiger partial charge in [-0.05, 0) is 36.8 Å². The molecular formula is C13H12BrN3O. The van der Waals surface area contributed by atoms with Crippen LogP contribution in [0.25, 0.3) is 0 Å². The SMILES string of the molecule is Cc1cc(C(=O)NCc2ccncn2)ccc1Br. The number of benzene rings is 1. The quantitative estimate of drug-likeness (QED) is 0.948. The van der Waals surface area contributed by atoms with Crippen LogP contribution in [-0.2, 0) is 6.54 Å². The molecule has 0 saturated heterocycles. The maximum absolute atomic E-state index is 11.9. The molecule has 0 radical (unpaired) electrons. The lowest BCUT2D eigenvalue weighted by Crippen LogP contribution is -2.23. The zero-order valence-electron chi connectivity index (χ0n) is 9.85. The fourth-order valence-electron chi connectivity index (χ4n) is 1.48. The number of nitrogens with zero attached hydrogens (tertiary/aromatic N) is 2. The van der Waals surface area contributed by atoms with E-state index in [1.807, 2.05) is 19.1 Å². The number of halogens is 1. The second kappa shape index (κ2) is 5.73. The largest absolute Gasteiger partial charge is 0.346 e. The number of aromatic nitrogens is 2. The molecule has 18 heavy (non-hydrogen) atoms. The van der Waals surface area contributed by atoms with Gasteiger partial charge in [0, 0.05) is 16.2 Å². The van der Waals surface area contributed by atoms with E-state index in [4.69, 9.17) is 0 Å². The summed E-state index contributed by atoms with van der Waals surface area (Å²) in [6.45, 7) is 2.35. The van der Waals surface area contributed by atoms with Gasteiger partial charge in [-0.3, -0.25) is 4.79 Å². The number of carbonyl (C=O) groups is 1. The molecule has 2 aromatic rings. The van der Waals surface area contributed by atoms with Crippen LogP contribution in [0.5, 0.6) is 0 Å². The van der Waals surface area contributed by atoms with E-state index >= 15 is 0 Å². The highest BCUT2D eigenvalue weighted by Gasteiger charge is 2.06. The summed E-state index contributed by atoms with van der Waals surface area (Å²) in [5, 5.41) is 2.82. The van der Waals surface area contributed by atoms with Gasteiger partial charge in [0.05, 0.1) is 12.2 Å². The Labute approximate surface area is 114 Å². The minimum absolute atomic E-state index is 0.107. The fraction of sp³-hybridized carbons (Fsp3) is 0.154. The second-order valence-electron chi connectivity index (χ2n) is 3.85. The van der Waals surface area contributed by atoms with Gasteiger partial charge in [0.1, 0.15) is 6.33 Å². The van der Waals surface area contributed by atoms with E-state index in [-0.39, 0.29) is 5.91 Å². The average Bonchev–Trinajstić information content (AvgIpc) is 2.40. The number of rotatable bonds is 3. The number of hydrogen-bond acceptors (Lipinski definition) is 3. The van der Waals surface area contributed by atoms with E-state index < -0.39 is 0 Å². The number of carbonyl (C=O) groups excluding carboxylic acids is 1. The lowest BCUT2D eigenvalue weighted by atomic mass is 10.1. The van der Waals surface area contributed by atoms with Gasteiger partial charge < -0.3 is 5.32 Å². The highest BCUT2D eigenvalue weighted by Crippen LogP contribution is 2.16. The normalized spacial score (nSPS) is 10.1. The molecule has 0 atom stereocenters. The molecule has 92 valence electrons. The van der Waals surface area contributed by atoms with Gasteiger partial charge in [0.2, 0.25) is 0 Å². The zero-order chi connectivity index (χ0) is 13.0. The van der Waals surface area contributed by atoms with Crippen molar-refractivity contribution in [3.63, 3.8) is 0 Å². The van der Waals surface area contributed by atoms with Crippen LogP contribution in [0.1, 0.15) is 21.6 Å². The van der Waals surface area contributed by atoms with Gasteiger partial charge in [-0.25, -0.2) is 9.97 Å². The van der Waals surface area contributed by atoms with Crippen molar-refractivity contribution in [3.8, 4) is 0 Å². The van der Waals surface area contributed by atoms with Gasteiger partial charge in [0.15, 0.2) is 0 Å². The predicted molar refractivity (Wildman–Crippen MR) is 72.1 cm³/mol. The summed E-state index contributed by atoms with van der Waals surface area (Å²) < 4.78 is 0.995. The Bertz CT molecular complexity index is 557. The van der Waals surface area contributed by atoms with E-state index in [0.717, 1.165) is 15.7 Å². The highest BCUT2D eigenvalue weighted by molar-refractivity contribution is 9.10. The molecule has 5 heteroatoms. The third-order valence-electron chi connectivity index (χ3n) is 2.49. The smallest absolute Gasteiger partial charge is 0.251 e. The minimum Gasteiger partial charge on any atom is -0.346 e. The van der Waals surface area contributed by atoms with Gasteiger partial charge in [0.25, 0.3) is 5.91 Å². The first-order valence-electron chi connectivity index (χ1n) is 5.46. The Morgan fingerprint density at radius 1 is 1.39 bits per heavy atom. The maximum Gasteiger partial charge on any atom is 0.251 e. The van der Waals surface area contributed by atoms with E-state index in [0.29, 0.717) is 12.1 Å². The zero-order valence-corrected chi connectivity index (χ0v) is 11.4. The monoisotopic (exact) mass is 305 g/mol. The van der Waals surface area contributed by atoms with E-state index in [9.17, 15) is 4.79 Å². The summed E-state index contributed by atoms with van der Waals surface area (Å²) >= 11 is 3.41. The molecule has 0 aliphatic carbocycles. The van der Waals surface area contributed by atoms with Crippen molar-refractivity contribution >= 4 is 21.8 Å². The minimum atomic E-state index is -0.107. The molecule has 0 aliphatic rings. The Morgan fingerprint density at radius 2 is 2.22 bits per heavy atom. The molecule has 1 aromatic heterocycles. The number of nitrogens with one attached hydrogen (secondary N) is 1. The molecule has 1 aromatic carbocycles. The Hall–Kier alpha value is -1.75. The number of hydrogen-bond donors (Lipinski definition) is 1. The van der Waals surface area contributed by atoms with Crippen molar-refractivity contribution in [2.45, 2.75) is 13.5 Å². The van der Waals surface area contributed by atoms with Crippen LogP contribution in [0.15, 0.2) is 41.3 Å². The summed E-state index contributed by atoms with van der Waals surface area (Å²) in [7, 11) is 0. The van der Waals surface area contributed by atoms with Crippen LogP contribution in [0, 0.1) is 6.92 Å². The number of amides is 1. The van der Waals surface area contributed by atoms with Crippen LogP contribution in [0.2, 0.25) is 0 Å². The molecule has 1 N–H and O–H groups in total. The molecule has 0 spiro atoms. The lowest BCUT2D eigenvalue weighted by molar-refractivity contribution is 0.0950. The fourth-order valence-corrected chi connectivity index (χ4v) is 1.73. The molecule has 2 rings (SSSR count). The van der Waals surface area contributed by atoms with Crippen molar-refractivity contribution in [1.82, 2.24) is 15.3 Å². The van der Waals surface area contributed by atoms with Gasteiger partial charge in [-0.2, -0.15) is 0 Å². The molecule has 0 bridgehead atoms. The third kappa shape index (κ3) is 3.13. The first-order chi connectivity index (χ1) is 8.66. The van der Waals surface area contributed by atoms with Crippen LogP contribution in [-0.4, -0.2) is 15.9 Å². The van der Waals surface area contributed by atoms with Crippen LogP contribution in [0.3, 0.4) is 0 Å². The van der Waals surface area contributed by atoms with E-state index in [1.54, 1.807) is 18.3 Å². The lowest BCUT2D eigenvalue weighted by Gasteiger charge is -2.06. The summed E-state index contributed by atoms with van der Waals surface area (Å²) in [4.78, 5) is 19.8. The van der Waals surface area contributed by atoms with Crippen molar-refractivity contribution in [2.75, 3.05) is 0 Å². The third-order valence-corrected chi connectivity index (χ3v) is 3.38. The van der Waals surface area contributed by atoms with Crippen molar-refractivity contribution in [2.24, 2.45) is 0 Å². The molecular weight excluding hydrogens is 294 g/mol. The summed E-state index contributed by atoms with van der Waals surface area (Å²) in [6.07, 6.45) is 3.11. The standard InChI is InChI=1S/C13H12BrN3O/c1-9-6-10(2-3-12(9)14)13(18)16-7-11-4-5-15-8-17-11/h2-6,8H,7H2,1H3,(H,16,18). The van der Waals surface area contributed by atoms with E-state index in [1.165, 1.54) is 6.33 Å². The molecule has 1 amide bonds. The summed E-state index contributed by atoms with van der Waals surface area (Å²) in [5.74, 6) is -0.107. The number of aryl methyl sites for hydroxylation is 1. The van der Waals surface area contributed by atoms with Gasteiger partial charge in [-0.15, -0.1) is 0 Å². The van der Waals surface area contributed by atoms with Crippen molar-refractivity contribution in [3.05, 3.63) is 58.1 Å². The molecule has 0 unspecified atom stereocenters. The van der Waals surface area contributed by atoms with Crippen molar-refractivity contribution in [1.29, 1.82) is 0 Å². The first-order valence-corrected chi connectivity index (χ1v) is 6.25. The van der Waals surface area contributed by atoms with Crippen LogP contribution in [0.4, 0.5) is 0 Å². The summed E-state index contributed by atoms with van der Waals surface area (Å²) in [5.41, 5.74) is 2.46. The molecule has 1 heterocycles. The van der Waals surface area contributed by atoms with Crippen molar-refractivity contribution < 1.29 is 4.79 Å². The molecule has 0 fully saturated rings. The van der Waals surface area contributed by atoms with Crippen LogP contribution >= 0.6 is 15.9 Å². The Kier molecular flexibility index (Phi) is 4.04. The van der Waals surface area contributed by atoms with Gasteiger partial charge >= 0.3 is 0 Å². The molecule has 4 nitrogen and oxygen atoms in total. The highest BCUT2D eigenvalue weighted by atomic mass is 79.9. The topological polar surface area (TPSA) is 54.9 Å². The molecule has 0 saturated carbocycles. The van der Waals surface area contributed by atoms with Gasteiger partial charge in [-0.1, -0.05) is 15.9 Å². The summed E-state index contributed by atoms with van der Waals surface area (Å²) in [6, 6.07) is 7.27. The average molecular weight is 306 g/mol. The molecule has 0 aliphatic heterocycles. The Balaban J connectivity index is 2.02. The predicted octanol–water partition coefficient (Wildman–Crippen LogP) is 2.48. The van der Waals surface area contributed by atoms with Crippen LogP contribution < -0.4 is 5.32 Å². The Morgan fingerprint density at radius 3 is 2.89 bits per heavy atom. The first kappa shape index (κ1) is 12.7.